The van der Waals surface area contributed by atoms with Gasteiger partial charge in [0.15, 0.2) is 0 Å². The van der Waals surface area contributed by atoms with Gasteiger partial charge in [-0.05, 0) is 18.9 Å². The van der Waals surface area contributed by atoms with Gasteiger partial charge in [0, 0.05) is 29.0 Å². The predicted octanol–water partition coefficient (Wildman–Crippen LogP) is 2.60. The van der Waals surface area contributed by atoms with Crippen LogP contribution in [0.4, 0.5) is 11.5 Å². The lowest BCUT2D eigenvalue weighted by molar-refractivity contribution is 1.07. The average molecular weight is 248 g/mol. The van der Waals surface area contributed by atoms with E-state index in [1.54, 1.807) is 17.5 Å². The minimum absolute atomic E-state index is 0.695. The third-order valence-corrected chi connectivity index (χ3v) is 3.66. The lowest BCUT2D eigenvalue weighted by Crippen LogP contribution is -2.02. The van der Waals surface area contributed by atoms with Gasteiger partial charge >= 0.3 is 0 Å². The number of hydrogen-bond acceptors (Lipinski definition) is 5. The molecule has 0 saturated carbocycles. The third-order valence-electron chi connectivity index (χ3n) is 2.52. The van der Waals surface area contributed by atoms with Crippen LogP contribution in [0.2, 0.25) is 0 Å². The second kappa shape index (κ2) is 5.14. The average Bonchev–Trinajstić information content (AvgIpc) is 2.79. The highest BCUT2D eigenvalue weighted by molar-refractivity contribution is 7.11. The summed E-state index contributed by atoms with van der Waals surface area (Å²) in [7, 11) is 0. The minimum Gasteiger partial charge on any atom is -0.398 e. The number of thiazole rings is 1. The second-order valence-corrected chi connectivity index (χ2v) is 5.05. The highest BCUT2D eigenvalue weighted by Gasteiger charge is 2.02. The van der Waals surface area contributed by atoms with Gasteiger partial charge in [-0.3, -0.25) is 0 Å². The van der Waals surface area contributed by atoms with Crippen molar-refractivity contribution in [3.8, 4) is 0 Å². The zero-order valence-corrected chi connectivity index (χ0v) is 10.8. The molecule has 0 radical (unpaired) electrons. The molecule has 0 aliphatic heterocycles. The van der Waals surface area contributed by atoms with Crippen molar-refractivity contribution in [1.29, 1.82) is 0 Å². The van der Waals surface area contributed by atoms with Crippen molar-refractivity contribution in [2.75, 3.05) is 11.1 Å². The van der Waals surface area contributed by atoms with Gasteiger partial charge in [0.2, 0.25) is 0 Å². The first-order valence-electron chi connectivity index (χ1n) is 5.58. The number of pyridine rings is 1. The van der Waals surface area contributed by atoms with E-state index in [1.165, 1.54) is 4.88 Å². The Hall–Kier alpha value is -1.62. The van der Waals surface area contributed by atoms with E-state index in [2.05, 4.69) is 22.2 Å². The summed E-state index contributed by atoms with van der Waals surface area (Å²) in [5.74, 6) is 0.793. The van der Waals surface area contributed by atoms with Crippen LogP contribution in [-0.4, -0.2) is 9.97 Å². The Balaban J connectivity index is 1.99. The van der Waals surface area contributed by atoms with Gasteiger partial charge in [-0.15, -0.1) is 11.3 Å². The molecule has 5 heteroatoms. The molecule has 0 bridgehead atoms. The van der Waals surface area contributed by atoms with Gasteiger partial charge in [-0.2, -0.15) is 0 Å². The zero-order valence-electron chi connectivity index (χ0n) is 10.0. The molecule has 0 atom stereocenters. The first-order valence-corrected chi connectivity index (χ1v) is 6.40. The van der Waals surface area contributed by atoms with Crippen LogP contribution in [0.3, 0.4) is 0 Å². The Morgan fingerprint density at radius 3 is 2.82 bits per heavy atom. The molecule has 2 aromatic heterocycles. The van der Waals surface area contributed by atoms with Crippen LogP contribution in [0.5, 0.6) is 0 Å². The fraction of sp³-hybridized carbons (Fsp3) is 0.333. The molecule has 17 heavy (non-hydrogen) atoms. The molecule has 0 aliphatic rings. The molecule has 0 aromatic carbocycles. The molecule has 2 heterocycles. The van der Waals surface area contributed by atoms with E-state index < -0.39 is 0 Å². The normalized spacial score (nSPS) is 10.5. The van der Waals surface area contributed by atoms with Crippen molar-refractivity contribution in [3.05, 3.63) is 33.9 Å². The lowest BCUT2D eigenvalue weighted by Gasteiger charge is -2.05. The molecular weight excluding hydrogens is 232 g/mol. The van der Waals surface area contributed by atoms with Gasteiger partial charge < -0.3 is 11.1 Å². The van der Waals surface area contributed by atoms with Crippen LogP contribution >= 0.6 is 11.3 Å². The number of anilines is 2. The molecule has 0 amide bonds. The van der Waals surface area contributed by atoms with E-state index in [0.717, 1.165) is 28.5 Å². The maximum absolute atomic E-state index is 5.82. The smallest absolute Gasteiger partial charge is 0.128 e. The second-order valence-electron chi connectivity index (χ2n) is 3.85. The first-order chi connectivity index (χ1) is 8.19. The molecule has 0 saturated heterocycles. The summed E-state index contributed by atoms with van der Waals surface area (Å²) < 4.78 is 0. The van der Waals surface area contributed by atoms with Gasteiger partial charge in [-0.25, -0.2) is 9.97 Å². The van der Waals surface area contributed by atoms with Gasteiger partial charge in [-0.1, -0.05) is 6.92 Å². The van der Waals surface area contributed by atoms with Crippen LogP contribution in [0.25, 0.3) is 0 Å². The summed E-state index contributed by atoms with van der Waals surface area (Å²) in [5.41, 5.74) is 7.58. The van der Waals surface area contributed by atoms with Crippen LogP contribution in [0.1, 0.15) is 22.4 Å². The number of nitrogens with one attached hydrogen (secondary N) is 1. The van der Waals surface area contributed by atoms with Crippen LogP contribution in [-0.2, 0) is 13.0 Å². The van der Waals surface area contributed by atoms with E-state index in [4.69, 9.17) is 5.73 Å². The van der Waals surface area contributed by atoms with Crippen molar-refractivity contribution < 1.29 is 0 Å². The molecule has 90 valence electrons. The van der Waals surface area contributed by atoms with Gasteiger partial charge in [0.05, 0.1) is 6.54 Å². The molecule has 0 aliphatic carbocycles. The molecular formula is C12H16N4S. The SMILES string of the molecule is CCc1cnc(CNc2cc(N)c(C)cn2)s1. The topological polar surface area (TPSA) is 63.8 Å². The molecule has 0 fully saturated rings. The van der Waals surface area contributed by atoms with Gasteiger partial charge in [0.1, 0.15) is 10.8 Å². The summed E-state index contributed by atoms with van der Waals surface area (Å²) in [5, 5.41) is 4.30. The summed E-state index contributed by atoms with van der Waals surface area (Å²) in [6.07, 6.45) is 4.74. The third kappa shape index (κ3) is 2.94. The minimum atomic E-state index is 0.695. The van der Waals surface area contributed by atoms with Crippen molar-refractivity contribution in [2.45, 2.75) is 26.8 Å². The summed E-state index contributed by atoms with van der Waals surface area (Å²) in [6.45, 7) is 4.77. The van der Waals surface area contributed by atoms with Crippen molar-refractivity contribution >= 4 is 22.8 Å². The number of hydrogen-bond donors (Lipinski definition) is 2. The summed E-state index contributed by atoms with van der Waals surface area (Å²) >= 11 is 1.73. The van der Waals surface area contributed by atoms with Crippen molar-refractivity contribution in [2.24, 2.45) is 0 Å². The van der Waals surface area contributed by atoms with Crippen LogP contribution in [0, 0.1) is 6.92 Å². The summed E-state index contributed by atoms with van der Waals surface area (Å²) in [4.78, 5) is 9.91. The first kappa shape index (κ1) is 11.9. The van der Waals surface area contributed by atoms with E-state index in [0.29, 0.717) is 6.54 Å². The standard InChI is InChI=1S/C12H16N4S/c1-3-9-6-16-12(17-9)7-15-11-4-10(13)8(2)5-14-11/h4-6H,3,7H2,1-2H3,(H3,13,14,15). The molecule has 2 rings (SSSR count). The molecule has 0 spiro atoms. The Morgan fingerprint density at radius 1 is 1.35 bits per heavy atom. The van der Waals surface area contributed by atoms with Gasteiger partial charge in [0.25, 0.3) is 0 Å². The number of nitrogens with zero attached hydrogens (tertiary/aromatic N) is 2. The quantitative estimate of drug-likeness (QED) is 0.873. The fourth-order valence-corrected chi connectivity index (χ4v) is 2.20. The molecule has 0 unspecified atom stereocenters. The Kier molecular flexibility index (Phi) is 3.58. The largest absolute Gasteiger partial charge is 0.398 e. The summed E-state index contributed by atoms with van der Waals surface area (Å²) in [6, 6.07) is 1.85. The van der Waals surface area contributed by atoms with Crippen LogP contribution < -0.4 is 11.1 Å². The maximum Gasteiger partial charge on any atom is 0.128 e. The molecule has 4 nitrogen and oxygen atoms in total. The van der Waals surface area contributed by atoms with Crippen molar-refractivity contribution in [1.82, 2.24) is 9.97 Å². The Bertz CT molecular complexity index is 507. The zero-order chi connectivity index (χ0) is 12.3. The highest BCUT2D eigenvalue weighted by Crippen LogP contribution is 2.17. The number of nitrogens with two attached hydrogens (primary N) is 1. The Morgan fingerprint density at radius 2 is 2.18 bits per heavy atom. The number of aromatic nitrogens is 2. The van der Waals surface area contributed by atoms with E-state index in [-0.39, 0.29) is 0 Å². The molecule has 3 N–H and O–H groups in total. The number of rotatable bonds is 4. The Labute approximate surface area is 105 Å². The van der Waals surface area contributed by atoms with E-state index >= 15 is 0 Å². The predicted molar refractivity (Wildman–Crippen MR) is 72.2 cm³/mol. The lowest BCUT2D eigenvalue weighted by atomic mass is 10.2. The number of aryl methyl sites for hydroxylation is 2. The monoisotopic (exact) mass is 248 g/mol. The van der Waals surface area contributed by atoms with Crippen molar-refractivity contribution in [3.63, 3.8) is 0 Å². The maximum atomic E-state index is 5.82. The highest BCUT2D eigenvalue weighted by atomic mass is 32.1. The van der Waals surface area contributed by atoms with E-state index in [9.17, 15) is 0 Å². The van der Waals surface area contributed by atoms with E-state index in [1.807, 2.05) is 19.2 Å². The fourth-order valence-electron chi connectivity index (χ4n) is 1.40. The molecule has 2 aromatic rings. The van der Waals surface area contributed by atoms with Crippen LogP contribution in [0.15, 0.2) is 18.5 Å². The number of nitrogen functional groups attached to an aromatic ring is 1.